The summed E-state index contributed by atoms with van der Waals surface area (Å²) in [6.07, 6.45) is 1.93. The smallest absolute Gasteiger partial charge is 0.137 e. The second kappa shape index (κ2) is 29.8. The van der Waals surface area contributed by atoms with Crippen molar-refractivity contribution in [2.24, 2.45) is 0 Å². The molecule has 5 nitrogen and oxygen atoms in total. The molecule has 0 aromatic carbocycles. The Morgan fingerprint density at radius 2 is 1.33 bits per heavy atom. The predicted molar refractivity (Wildman–Crippen MR) is 55.0 cm³/mol. The zero-order chi connectivity index (χ0) is 14.9. The SMILES string of the molecule is [C-]#[O+].[C-]#[O+].[C-]#[O+].[CH2][C]([CH2])[CH]C(=O)CCC(C)=O.[Fe]. The average molecular weight is 292 g/mol. The fourth-order valence-electron chi connectivity index (χ4n) is 0.599. The van der Waals surface area contributed by atoms with Crippen LogP contribution in [0.5, 0.6) is 0 Å². The van der Waals surface area contributed by atoms with Gasteiger partial charge in [0.15, 0.2) is 0 Å². The Morgan fingerprint density at radius 1 is 1.00 bits per heavy atom. The van der Waals surface area contributed by atoms with Crippen LogP contribution in [0.2, 0.25) is 0 Å². The monoisotopic (exact) mass is 292 g/mol. The molecular weight excluding hydrogens is 280 g/mol. The molecule has 0 bridgehead atoms. The van der Waals surface area contributed by atoms with Gasteiger partial charge in [-0.1, -0.05) is 0 Å². The van der Waals surface area contributed by atoms with E-state index < -0.39 is 0 Å². The summed E-state index contributed by atoms with van der Waals surface area (Å²) < 4.78 is 22.5. The van der Waals surface area contributed by atoms with Gasteiger partial charge in [0.25, 0.3) is 0 Å². The Labute approximate surface area is 118 Å². The molecule has 0 amide bonds. The fourth-order valence-corrected chi connectivity index (χ4v) is 0.599. The van der Waals surface area contributed by atoms with Crippen LogP contribution in [-0.2, 0) is 40.6 Å². The maximum atomic E-state index is 10.8. The van der Waals surface area contributed by atoms with Crippen LogP contribution in [-0.4, -0.2) is 11.6 Å². The van der Waals surface area contributed by atoms with E-state index in [0.29, 0.717) is 12.3 Å². The van der Waals surface area contributed by atoms with Crippen LogP contribution in [0.4, 0.5) is 0 Å². The molecule has 0 saturated heterocycles. The molecule has 0 aromatic heterocycles. The van der Waals surface area contributed by atoms with Crippen molar-refractivity contribution >= 4 is 11.6 Å². The van der Waals surface area contributed by atoms with Crippen LogP contribution in [0.15, 0.2) is 0 Å². The van der Waals surface area contributed by atoms with Crippen molar-refractivity contribution in [1.29, 1.82) is 0 Å². The van der Waals surface area contributed by atoms with Crippen molar-refractivity contribution in [2.45, 2.75) is 19.8 Å². The quantitative estimate of drug-likeness (QED) is 0.433. The van der Waals surface area contributed by atoms with Crippen molar-refractivity contribution in [1.82, 2.24) is 0 Å². The molecule has 0 heterocycles. The zero-order valence-corrected chi connectivity index (χ0v) is 10.9. The number of hydrogen-bond acceptors (Lipinski definition) is 2. The van der Waals surface area contributed by atoms with Gasteiger partial charge in [0.2, 0.25) is 0 Å². The van der Waals surface area contributed by atoms with Crippen molar-refractivity contribution in [3.8, 4) is 0 Å². The first-order valence-electron chi connectivity index (χ1n) is 4.01. The van der Waals surface area contributed by atoms with E-state index in [1.165, 1.54) is 13.3 Å². The van der Waals surface area contributed by atoms with E-state index in [4.69, 9.17) is 14.0 Å². The fraction of sp³-hybridized carbons (Fsp3) is 0.250. The van der Waals surface area contributed by atoms with E-state index in [-0.39, 0.29) is 35.1 Å². The molecule has 0 spiro atoms. The summed E-state index contributed by atoms with van der Waals surface area (Å²) in [6, 6.07) is 0. The van der Waals surface area contributed by atoms with E-state index >= 15 is 0 Å². The van der Waals surface area contributed by atoms with Gasteiger partial charge >= 0.3 is 33.9 Å². The number of rotatable bonds is 5. The summed E-state index contributed by atoms with van der Waals surface area (Å²) >= 11 is 0. The van der Waals surface area contributed by atoms with Gasteiger partial charge in [0.1, 0.15) is 11.6 Å². The molecule has 4 radical (unpaired) electrons. The number of carbonyl (C=O) groups excluding carboxylic acids is 2. The van der Waals surface area contributed by atoms with Gasteiger partial charge in [-0.05, 0) is 26.7 Å². The molecule has 0 fully saturated rings. The molecule has 0 aromatic rings. The second-order valence-electron chi connectivity index (χ2n) is 2.47. The predicted octanol–water partition coefficient (Wildman–Crippen LogP) is 1.26. The van der Waals surface area contributed by atoms with E-state index in [1.807, 2.05) is 0 Å². The maximum absolute atomic E-state index is 10.8. The van der Waals surface area contributed by atoms with Crippen LogP contribution in [0.25, 0.3) is 0 Å². The van der Waals surface area contributed by atoms with Gasteiger partial charge in [-0.25, -0.2) is 0 Å². The van der Waals surface area contributed by atoms with Crippen LogP contribution in [0.1, 0.15) is 19.8 Å². The Bertz CT molecular complexity index is 239. The minimum atomic E-state index is -0.0831. The average Bonchev–Trinajstić information content (AvgIpc) is 2.33. The second-order valence-corrected chi connectivity index (χ2v) is 2.47. The molecule has 0 unspecified atom stereocenters. The number of hydrogen-bond donors (Lipinski definition) is 0. The van der Waals surface area contributed by atoms with Crippen molar-refractivity contribution in [3.05, 3.63) is 46.1 Å². The Kier molecular flexibility index (Phi) is 50.1. The molecule has 6 heteroatoms. The molecule has 18 heavy (non-hydrogen) atoms. The van der Waals surface area contributed by atoms with Crippen molar-refractivity contribution in [2.75, 3.05) is 0 Å². The minimum absolute atomic E-state index is 0. The van der Waals surface area contributed by atoms with Gasteiger partial charge in [-0.2, -0.15) is 0 Å². The molecule has 0 aliphatic carbocycles. The van der Waals surface area contributed by atoms with E-state index in [9.17, 15) is 9.59 Å². The molecule has 0 atom stereocenters. The van der Waals surface area contributed by atoms with Crippen LogP contribution < -0.4 is 0 Å². The van der Waals surface area contributed by atoms with Crippen LogP contribution >= 0.6 is 0 Å². The molecule has 98 valence electrons. The summed E-state index contributed by atoms with van der Waals surface area (Å²) in [7, 11) is 0. The maximum Gasteiger partial charge on any atom is 0.137 e. The molecule has 0 N–H and O–H groups in total. The van der Waals surface area contributed by atoms with Crippen molar-refractivity contribution < 1.29 is 40.6 Å². The van der Waals surface area contributed by atoms with Gasteiger partial charge in [-0.15, -0.1) is 0 Å². The van der Waals surface area contributed by atoms with E-state index in [2.05, 4.69) is 33.8 Å². The van der Waals surface area contributed by atoms with E-state index in [0.717, 1.165) is 0 Å². The number of ketones is 2. The zero-order valence-electron chi connectivity index (χ0n) is 9.80. The Hall–Kier alpha value is -0.921. The standard InChI is InChI=1S/C9H12O2.3CO.Fe/c1-7(2)6-9(11)5-4-8(3)10;3*1-2;/h6H,1-2,4-5H2,3H3;;;;. The minimum Gasteiger partial charge on any atom is -0.300 e. The van der Waals surface area contributed by atoms with Crippen LogP contribution in [0, 0.1) is 46.1 Å². The summed E-state index contributed by atoms with van der Waals surface area (Å²) in [5.74, 6) is 0.431. The molecule has 0 aliphatic heterocycles. The topological polar surface area (TPSA) is 93.8 Å². The first kappa shape index (κ1) is 30.3. The van der Waals surface area contributed by atoms with E-state index in [1.54, 1.807) is 0 Å². The third kappa shape index (κ3) is 45.8. The van der Waals surface area contributed by atoms with Gasteiger partial charge in [0.05, 0.1) is 0 Å². The summed E-state index contributed by atoms with van der Waals surface area (Å²) in [6.45, 7) is 21.9. The Balaban J connectivity index is -0.0000000700. The first-order chi connectivity index (χ1) is 8.02. The number of Topliss-reactive ketones (excluding diaryl/α,β-unsaturated/α-hetero) is 2. The third-order valence-electron chi connectivity index (χ3n) is 1.09. The van der Waals surface area contributed by atoms with Gasteiger partial charge in [-0.3, -0.25) is 4.79 Å². The third-order valence-corrected chi connectivity index (χ3v) is 1.09. The number of carbonyl (C=O) groups is 2. The summed E-state index contributed by atoms with van der Waals surface area (Å²) in [5.41, 5.74) is 0. The molecular formula is C12H12FeO5. The molecule has 0 rings (SSSR count). The normalized spacial score (nSPS) is 6.56. The summed E-state index contributed by atoms with van der Waals surface area (Å²) in [4.78, 5) is 21.3. The van der Waals surface area contributed by atoms with Gasteiger partial charge in [0, 0.05) is 36.3 Å². The summed E-state index contributed by atoms with van der Waals surface area (Å²) in [5, 5.41) is 0. The van der Waals surface area contributed by atoms with Crippen LogP contribution in [0.3, 0.4) is 0 Å². The Morgan fingerprint density at radius 3 is 1.56 bits per heavy atom. The first-order valence-corrected chi connectivity index (χ1v) is 4.01. The van der Waals surface area contributed by atoms with Crippen molar-refractivity contribution in [3.63, 3.8) is 0 Å². The van der Waals surface area contributed by atoms with Gasteiger partial charge < -0.3 is 4.79 Å². The largest absolute Gasteiger partial charge is 0.300 e. The molecule has 0 aliphatic rings. The molecule has 0 saturated carbocycles.